The number of carboxylic acid groups (broad SMARTS) is 1. The van der Waals surface area contributed by atoms with Crippen molar-refractivity contribution >= 4 is 12.0 Å². The van der Waals surface area contributed by atoms with Gasteiger partial charge >= 0.3 is 12.0 Å². The highest BCUT2D eigenvalue weighted by molar-refractivity contribution is 5.80. The van der Waals surface area contributed by atoms with Gasteiger partial charge in [-0.3, -0.25) is 4.79 Å². The molecule has 2 fully saturated rings. The number of hydrogen-bond acceptors (Lipinski definition) is 3. The number of morpholine rings is 1. The summed E-state index contributed by atoms with van der Waals surface area (Å²) in [5.41, 5.74) is -1.10. The van der Waals surface area contributed by atoms with Gasteiger partial charge in [0, 0.05) is 19.6 Å². The van der Waals surface area contributed by atoms with Crippen LogP contribution in [-0.2, 0) is 9.53 Å². The van der Waals surface area contributed by atoms with Crippen LogP contribution in [0.25, 0.3) is 0 Å². The normalized spacial score (nSPS) is 28.7. The molecule has 1 N–H and O–H groups in total. The monoisotopic (exact) mass is 298 g/mol. The Balaban J connectivity index is 2.09. The summed E-state index contributed by atoms with van der Waals surface area (Å²) < 4.78 is 5.44. The van der Waals surface area contributed by atoms with E-state index in [2.05, 4.69) is 0 Å². The van der Waals surface area contributed by atoms with Crippen LogP contribution in [0.15, 0.2) is 0 Å². The maximum atomic E-state index is 12.7. The van der Waals surface area contributed by atoms with Gasteiger partial charge < -0.3 is 19.6 Å². The third kappa shape index (κ3) is 3.00. The molecule has 1 unspecified atom stereocenters. The molecule has 1 atom stereocenters. The molecule has 120 valence electrons. The predicted octanol–water partition coefficient (Wildman–Crippen LogP) is 1.79. The summed E-state index contributed by atoms with van der Waals surface area (Å²) in [5, 5.41) is 9.54. The molecule has 2 saturated heterocycles. The Hall–Kier alpha value is -1.30. The van der Waals surface area contributed by atoms with E-state index in [1.165, 1.54) is 0 Å². The molecule has 0 bridgehead atoms. The minimum atomic E-state index is -0.777. The summed E-state index contributed by atoms with van der Waals surface area (Å²) in [6.45, 7) is 8.43. The molecule has 21 heavy (non-hydrogen) atoms. The summed E-state index contributed by atoms with van der Waals surface area (Å²) in [7, 11) is 0. The quantitative estimate of drug-likeness (QED) is 0.862. The molecular weight excluding hydrogens is 272 g/mol. The minimum absolute atomic E-state index is 0.0532. The number of urea groups is 1. The first-order valence-corrected chi connectivity index (χ1v) is 7.70. The lowest BCUT2D eigenvalue weighted by Crippen LogP contribution is -2.59. The van der Waals surface area contributed by atoms with Crippen molar-refractivity contribution < 1.29 is 19.4 Å². The highest BCUT2D eigenvalue weighted by Gasteiger charge is 2.47. The molecule has 2 heterocycles. The fraction of sp³-hybridized carbons (Fsp3) is 0.867. The van der Waals surface area contributed by atoms with Gasteiger partial charge in [0.05, 0.1) is 24.2 Å². The zero-order valence-electron chi connectivity index (χ0n) is 13.2. The van der Waals surface area contributed by atoms with Gasteiger partial charge in [0.15, 0.2) is 0 Å². The highest BCUT2D eigenvalue weighted by Crippen LogP contribution is 2.36. The minimum Gasteiger partial charge on any atom is -0.481 e. The van der Waals surface area contributed by atoms with E-state index in [0.29, 0.717) is 45.7 Å². The average Bonchev–Trinajstić information content (AvgIpc) is 2.84. The molecule has 0 aliphatic carbocycles. The van der Waals surface area contributed by atoms with Crippen LogP contribution in [-0.4, -0.2) is 65.3 Å². The van der Waals surface area contributed by atoms with Crippen molar-refractivity contribution in [2.75, 3.05) is 32.8 Å². The third-order valence-electron chi connectivity index (χ3n) is 4.68. The maximum absolute atomic E-state index is 12.7. The maximum Gasteiger partial charge on any atom is 0.320 e. The molecule has 2 rings (SSSR count). The first-order valence-electron chi connectivity index (χ1n) is 7.70. The highest BCUT2D eigenvalue weighted by atomic mass is 16.5. The summed E-state index contributed by atoms with van der Waals surface area (Å²) in [5.74, 6) is -0.777. The van der Waals surface area contributed by atoms with Gasteiger partial charge in [0.1, 0.15) is 0 Å². The topological polar surface area (TPSA) is 70.1 Å². The molecule has 0 radical (unpaired) electrons. The fourth-order valence-corrected chi connectivity index (χ4v) is 3.38. The van der Waals surface area contributed by atoms with Gasteiger partial charge in [-0.05, 0) is 26.7 Å². The number of ether oxygens (including phenoxy) is 1. The Morgan fingerprint density at radius 1 is 1.29 bits per heavy atom. The van der Waals surface area contributed by atoms with Crippen molar-refractivity contribution in [3.8, 4) is 0 Å². The van der Waals surface area contributed by atoms with Crippen molar-refractivity contribution in [1.29, 1.82) is 0 Å². The molecule has 0 aromatic rings. The molecule has 2 aliphatic heterocycles. The summed E-state index contributed by atoms with van der Waals surface area (Å²) >= 11 is 0. The Kier molecular flexibility index (Phi) is 4.46. The van der Waals surface area contributed by atoms with E-state index in [9.17, 15) is 14.7 Å². The average molecular weight is 298 g/mol. The van der Waals surface area contributed by atoms with Crippen LogP contribution in [0.2, 0.25) is 0 Å². The van der Waals surface area contributed by atoms with Crippen molar-refractivity contribution in [3.63, 3.8) is 0 Å². The van der Waals surface area contributed by atoms with Crippen LogP contribution in [0.5, 0.6) is 0 Å². The van der Waals surface area contributed by atoms with Crippen LogP contribution in [0, 0.1) is 5.41 Å². The second kappa shape index (κ2) is 5.83. The van der Waals surface area contributed by atoms with E-state index in [0.717, 1.165) is 6.42 Å². The molecular formula is C15H26N2O4. The Morgan fingerprint density at radius 3 is 2.57 bits per heavy atom. The number of rotatable bonds is 3. The smallest absolute Gasteiger partial charge is 0.320 e. The van der Waals surface area contributed by atoms with Gasteiger partial charge in [0.2, 0.25) is 0 Å². The SMILES string of the molecule is CCCC1(C(=O)O)CCN(C(=O)N2CCOCC2(C)C)C1. The zero-order chi connectivity index (χ0) is 15.7. The number of carbonyl (C=O) groups excluding carboxylic acids is 1. The number of aliphatic carboxylic acids is 1. The van der Waals surface area contributed by atoms with Crippen LogP contribution < -0.4 is 0 Å². The Labute approximate surface area is 126 Å². The first-order chi connectivity index (χ1) is 9.82. The lowest BCUT2D eigenvalue weighted by molar-refractivity contribution is -0.148. The lowest BCUT2D eigenvalue weighted by atomic mass is 9.83. The number of carboxylic acids is 1. The van der Waals surface area contributed by atoms with Gasteiger partial charge in [-0.25, -0.2) is 4.79 Å². The Bertz CT molecular complexity index is 424. The van der Waals surface area contributed by atoms with E-state index in [-0.39, 0.29) is 11.6 Å². The second-order valence-corrected chi connectivity index (χ2v) is 6.81. The molecule has 6 heteroatoms. The molecule has 0 saturated carbocycles. The molecule has 2 amide bonds. The first kappa shape index (κ1) is 16.1. The number of amides is 2. The van der Waals surface area contributed by atoms with Gasteiger partial charge in [-0.1, -0.05) is 13.3 Å². The molecule has 0 spiro atoms. The van der Waals surface area contributed by atoms with Crippen LogP contribution in [0.1, 0.15) is 40.0 Å². The number of hydrogen-bond donors (Lipinski definition) is 1. The van der Waals surface area contributed by atoms with Crippen LogP contribution in [0.4, 0.5) is 4.79 Å². The van der Waals surface area contributed by atoms with Crippen molar-refractivity contribution in [1.82, 2.24) is 9.80 Å². The van der Waals surface area contributed by atoms with Gasteiger partial charge in [0.25, 0.3) is 0 Å². The fourth-order valence-electron chi connectivity index (χ4n) is 3.38. The van der Waals surface area contributed by atoms with E-state index in [1.54, 1.807) is 4.90 Å². The lowest BCUT2D eigenvalue weighted by Gasteiger charge is -2.43. The van der Waals surface area contributed by atoms with Gasteiger partial charge in [-0.2, -0.15) is 0 Å². The largest absolute Gasteiger partial charge is 0.481 e. The van der Waals surface area contributed by atoms with E-state index >= 15 is 0 Å². The predicted molar refractivity (Wildman–Crippen MR) is 78.2 cm³/mol. The number of carbonyl (C=O) groups is 2. The third-order valence-corrected chi connectivity index (χ3v) is 4.68. The number of likely N-dealkylation sites (tertiary alicyclic amines) is 1. The van der Waals surface area contributed by atoms with Gasteiger partial charge in [-0.15, -0.1) is 0 Å². The van der Waals surface area contributed by atoms with E-state index < -0.39 is 11.4 Å². The molecule has 2 aliphatic rings. The standard InChI is InChI=1S/C15H26N2O4/c1-4-5-15(12(18)19)6-7-16(10-15)13(20)17-8-9-21-11-14(17,2)3/h4-11H2,1-3H3,(H,18,19). The van der Waals surface area contributed by atoms with Crippen LogP contribution >= 0.6 is 0 Å². The Morgan fingerprint density at radius 2 is 2.00 bits per heavy atom. The summed E-state index contributed by atoms with van der Waals surface area (Å²) in [6, 6.07) is -0.0532. The van der Waals surface area contributed by atoms with Crippen molar-refractivity contribution in [2.45, 2.75) is 45.6 Å². The van der Waals surface area contributed by atoms with E-state index in [1.807, 2.05) is 25.7 Å². The molecule has 0 aromatic carbocycles. The molecule has 0 aromatic heterocycles. The van der Waals surface area contributed by atoms with Crippen LogP contribution in [0.3, 0.4) is 0 Å². The van der Waals surface area contributed by atoms with Crippen molar-refractivity contribution in [3.05, 3.63) is 0 Å². The number of nitrogens with zero attached hydrogens (tertiary/aromatic N) is 2. The summed E-state index contributed by atoms with van der Waals surface area (Å²) in [6.07, 6.45) is 1.99. The second-order valence-electron chi connectivity index (χ2n) is 6.81. The van der Waals surface area contributed by atoms with Crippen molar-refractivity contribution in [2.24, 2.45) is 5.41 Å². The summed E-state index contributed by atoms with van der Waals surface area (Å²) in [4.78, 5) is 27.9. The van der Waals surface area contributed by atoms with E-state index in [4.69, 9.17) is 4.74 Å². The zero-order valence-corrected chi connectivity index (χ0v) is 13.2. The molecule has 6 nitrogen and oxygen atoms in total.